The number of aliphatic hydroxyl groups is 1. The molecule has 5 heteroatoms. The highest BCUT2D eigenvalue weighted by Gasteiger charge is 2.24. The van der Waals surface area contributed by atoms with Gasteiger partial charge in [-0.2, -0.15) is 5.10 Å². The summed E-state index contributed by atoms with van der Waals surface area (Å²) >= 11 is 0. The second-order valence-electron chi connectivity index (χ2n) is 5.39. The fourth-order valence-corrected chi connectivity index (χ4v) is 2.82. The first-order chi connectivity index (χ1) is 9.74. The van der Waals surface area contributed by atoms with Crippen LogP contribution in [0.1, 0.15) is 25.7 Å². The SMILES string of the molecule is O=C(Cn1ncc2ccccc21)NC1CCCCC1O. The number of benzene rings is 1. The summed E-state index contributed by atoms with van der Waals surface area (Å²) in [5, 5.41) is 18.1. The molecule has 20 heavy (non-hydrogen) atoms. The zero-order valence-electron chi connectivity index (χ0n) is 11.3. The Morgan fingerprint density at radius 3 is 3.00 bits per heavy atom. The van der Waals surface area contributed by atoms with Crippen molar-refractivity contribution in [2.45, 2.75) is 44.4 Å². The molecule has 5 nitrogen and oxygen atoms in total. The summed E-state index contributed by atoms with van der Waals surface area (Å²) in [4.78, 5) is 12.1. The average Bonchev–Trinajstić information content (AvgIpc) is 2.85. The minimum Gasteiger partial charge on any atom is -0.391 e. The molecule has 3 rings (SSSR count). The molecule has 2 aromatic rings. The van der Waals surface area contributed by atoms with E-state index in [1.165, 1.54) is 0 Å². The Morgan fingerprint density at radius 2 is 2.15 bits per heavy atom. The van der Waals surface area contributed by atoms with E-state index in [0.29, 0.717) is 0 Å². The topological polar surface area (TPSA) is 67.2 Å². The number of aliphatic hydroxyl groups excluding tert-OH is 1. The van der Waals surface area contributed by atoms with Gasteiger partial charge in [-0.25, -0.2) is 0 Å². The molecule has 0 spiro atoms. The lowest BCUT2D eigenvalue weighted by molar-refractivity contribution is -0.123. The fourth-order valence-electron chi connectivity index (χ4n) is 2.82. The van der Waals surface area contributed by atoms with Crippen LogP contribution in [0.3, 0.4) is 0 Å². The van der Waals surface area contributed by atoms with Crippen LogP contribution in [0.15, 0.2) is 30.5 Å². The zero-order chi connectivity index (χ0) is 13.9. The lowest BCUT2D eigenvalue weighted by Gasteiger charge is -2.28. The lowest BCUT2D eigenvalue weighted by Crippen LogP contribution is -2.46. The maximum absolute atomic E-state index is 12.1. The summed E-state index contributed by atoms with van der Waals surface area (Å²) < 4.78 is 1.69. The highest BCUT2D eigenvalue weighted by molar-refractivity contribution is 5.82. The first-order valence-corrected chi connectivity index (χ1v) is 7.12. The van der Waals surface area contributed by atoms with Crippen molar-refractivity contribution in [2.75, 3.05) is 0 Å². The minimum atomic E-state index is -0.415. The minimum absolute atomic E-state index is 0.0928. The fraction of sp³-hybridized carbons (Fsp3) is 0.467. The summed E-state index contributed by atoms with van der Waals surface area (Å²) in [5.74, 6) is -0.0928. The Bertz CT molecular complexity index is 608. The Labute approximate surface area is 117 Å². The van der Waals surface area contributed by atoms with E-state index in [2.05, 4.69) is 10.4 Å². The quantitative estimate of drug-likeness (QED) is 0.889. The molecular weight excluding hydrogens is 254 g/mol. The molecule has 2 unspecified atom stereocenters. The van der Waals surface area contributed by atoms with Gasteiger partial charge in [0.1, 0.15) is 6.54 Å². The highest BCUT2D eigenvalue weighted by Crippen LogP contribution is 2.18. The van der Waals surface area contributed by atoms with E-state index >= 15 is 0 Å². The largest absolute Gasteiger partial charge is 0.391 e. The molecule has 0 radical (unpaired) electrons. The predicted octanol–water partition coefficient (Wildman–Crippen LogP) is 1.46. The second kappa shape index (κ2) is 5.63. The molecule has 0 aliphatic heterocycles. The molecule has 1 heterocycles. The van der Waals surface area contributed by atoms with E-state index in [0.717, 1.165) is 36.6 Å². The molecule has 1 amide bonds. The summed E-state index contributed by atoms with van der Waals surface area (Å²) in [5.41, 5.74) is 0.951. The number of para-hydroxylation sites is 1. The van der Waals surface area contributed by atoms with Crippen LogP contribution in [0.5, 0.6) is 0 Å². The summed E-state index contributed by atoms with van der Waals surface area (Å²) in [7, 11) is 0. The van der Waals surface area contributed by atoms with Crippen molar-refractivity contribution in [3.05, 3.63) is 30.5 Å². The second-order valence-corrected chi connectivity index (χ2v) is 5.39. The van der Waals surface area contributed by atoms with Crippen LogP contribution in [0.25, 0.3) is 10.9 Å². The number of nitrogens with one attached hydrogen (secondary N) is 1. The van der Waals surface area contributed by atoms with Gasteiger partial charge in [-0.1, -0.05) is 31.0 Å². The van der Waals surface area contributed by atoms with Crippen molar-refractivity contribution in [2.24, 2.45) is 0 Å². The van der Waals surface area contributed by atoms with Crippen LogP contribution >= 0.6 is 0 Å². The van der Waals surface area contributed by atoms with Gasteiger partial charge in [0.05, 0.1) is 23.9 Å². The maximum atomic E-state index is 12.1. The van der Waals surface area contributed by atoms with Crippen LogP contribution in [-0.4, -0.2) is 32.9 Å². The third kappa shape index (κ3) is 2.67. The van der Waals surface area contributed by atoms with E-state index < -0.39 is 6.10 Å². The van der Waals surface area contributed by atoms with Crippen molar-refractivity contribution >= 4 is 16.8 Å². The van der Waals surface area contributed by atoms with E-state index in [1.807, 2.05) is 24.3 Å². The lowest BCUT2D eigenvalue weighted by atomic mass is 9.92. The zero-order valence-corrected chi connectivity index (χ0v) is 11.3. The number of fused-ring (bicyclic) bond motifs is 1. The normalized spacial score (nSPS) is 22.9. The molecule has 106 valence electrons. The molecule has 1 aliphatic carbocycles. The molecule has 0 bridgehead atoms. The Morgan fingerprint density at radius 1 is 1.35 bits per heavy atom. The third-order valence-corrected chi connectivity index (χ3v) is 3.92. The third-order valence-electron chi connectivity index (χ3n) is 3.92. The molecule has 1 aromatic heterocycles. The number of nitrogens with zero attached hydrogens (tertiary/aromatic N) is 2. The Hall–Kier alpha value is -1.88. The summed E-state index contributed by atoms with van der Waals surface area (Å²) in [6.07, 6.45) is 5.08. The molecule has 1 aromatic carbocycles. The van der Waals surface area contributed by atoms with Crippen LogP contribution in [0.2, 0.25) is 0 Å². The number of carbonyl (C=O) groups is 1. The van der Waals surface area contributed by atoms with Gasteiger partial charge >= 0.3 is 0 Å². The maximum Gasteiger partial charge on any atom is 0.242 e. The van der Waals surface area contributed by atoms with Gasteiger partial charge < -0.3 is 10.4 Å². The van der Waals surface area contributed by atoms with Gasteiger partial charge in [-0.15, -0.1) is 0 Å². The highest BCUT2D eigenvalue weighted by atomic mass is 16.3. The van der Waals surface area contributed by atoms with Crippen LogP contribution < -0.4 is 5.32 Å². The van der Waals surface area contributed by atoms with Gasteiger partial charge in [0.25, 0.3) is 0 Å². The molecular formula is C15H19N3O2. The number of hydrogen-bond acceptors (Lipinski definition) is 3. The van der Waals surface area contributed by atoms with Gasteiger partial charge in [-0.3, -0.25) is 9.48 Å². The van der Waals surface area contributed by atoms with Crippen molar-refractivity contribution in [1.29, 1.82) is 0 Å². The Balaban J connectivity index is 1.66. The first kappa shape index (κ1) is 13.1. The van der Waals surface area contributed by atoms with Gasteiger partial charge in [0, 0.05) is 5.39 Å². The molecule has 1 fully saturated rings. The number of hydrogen-bond donors (Lipinski definition) is 2. The van der Waals surface area contributed by atoms with Crippen molar-refractivity contribution < 1.29 is 9.90 Å². The number of rotatable bonds is 3. The summed E-state index contributed by atoms with van der Waals surface area (Å²) in [6.45, 7) is 0.191. The number of amides is 1. The van der Waals surface area contributed by atoms with E-state index in [-0.39, 0.29) is 18.5 Å². The van der Waals surface area contributed by atoms with E-state index in [9.17, 15) is 9.90 Å². The van der Waals surface area contributed by atoms with Gasteiger partial charge in [-0.05, 0) is 18.9 Å². The van der Waals surface area contributed by atoms with E-state index in [1.54, 1.807) is 10.9 Å². The van der Waals surface area contributed by atoms with Crippen molar-refractivity contribution in [3.8, 4) is 0 Å². The van der Waals surface area contributed by atoms with Crippen LogP contribution in [0.4, 0.5) is 0 Å². The number of aromatic nitrogens is 2. The van der Waals surface area contributed by atoms with E-state index in [4.69, 9.17) is 0 Å². The molecule has 1 saturated carbocycles. The summed E-state index contributed by atoms with van der Waals surface area (Å²) in [6, 6.07) is 7.70. The van der Waals surface area contributed by atoms with Crippen molar-refractivity contribution in [1.82, 2.24) is 15.1 Å². The number of carbonyl (C=O) groups excluding carboxylic acids is 1. The molecule has 2 atom stereocenters. The van der Waals surface area contributed by atoms with Crippen LogP contribution in [-0.2, 0) is 11.3 Å². The van der Waals surface area contributed by atoms with Gasteiger partial charge in [0.2, 0.25) is 5.91 Å². The standard InChI is InChI=1S/C15H19N3O2/c19-14-8-4-2-6-12(14)17-15(20)10-18-13-7-3-1-5-11(13)9-16-18/h1,3,5,7,9,12,14,19H,2,4,6,8,10H2,(H,17,20). The van der Waals surface area contributed by atoms with Crippen molar-refractivity contribution in [3.63, 3.8) is 0 Å². The average molecular weight is 273 g/mol. The molecule has 0 saturated heterocycles. The smallest absolute Gasteiger partial charge is 0.242 e. The first-order valence-electron chi connectivity index (χ1n) is 7.12. The molecule has 2 N–H and O–H groups in total. The van der Waals surface area contributed by atoms with Crippen LogP contribution in [0, 0.1) is 0 Å². The monoisotopic (exact) mass is 273 g/mol. The predicted molar refractivity (Wildman–Crippen MR) is 76.1 cm³/mol. The van der Waals surface area contributed by atoms with Gasteiger partial charge in [0.15, 0.2) is 0 Å². The molecule has 1 aliphatic rings. The Kier molecular flexibility index (Phi) is 3.69.